The average Bonchev–Trinajstić information content (AvgIpc) is 2.38. The van der Waals surface area contributed by atoms with E-state index in [2.05, 4.69) is 11.7 Å². The monoisotopic (exact) mass is 256 g/mol. The van der Waals surface area contributed by atoms with Crippen LogP contribution >= 0.6 is 0 Å². The van der Waals surface area contributed by atoms with Crippen molar-refractivity contribution in [2.75, 3.05) is 7.11 Å². The van der Waals surface area contributed by atoms with Crippen LogP contribution in [0.2, 0.25) is 0 Å². The van der Waals surface area contributed by atoms with E-state index in [0.717, 1.165) is 6.42 Å². The van der Waals surface area contributed by atoms with Crippen LogP contribution in [0.3, 0.4) is 0 Å². The first-order chi connectivity index (χ1) is 8.61. The van der Waals surface area contributed by atoms with Crippen molar-refractivity contribution < 1.29 is 14.3 Å². The van der Waals surface area contributed by atoms with Crippen LogP contribution < -0.4 is 0 Å². The Kier molecular flexibility index (Phi) is 10.5. The molecule has 1 atom stereocenters. The molecule has 0 rings (SSSR count). The molecule has 0 radical (unpaired) electrons. The zero-order valence-corrected chi connectivity index (χ0v) is 12.3. The van der Waals surface area contributed by atoms with Crippen LogP contribution in [0.15, 0.2) is 11.8 Å². The minimum atomic E-state index is -0.519. The highest BCUT2D eigenvalue weighted by Gasteiger charge is 2.12. The van der Waals surface area contributed by atoms with Crippen LogP contribution in [0, 0.1) is 0 Å². The molecule has 1 unspecified atom stereocenters. The van der Waals surface area contributed by atoms with Gasteiger partial charge in [-0.1, -0.05) is 39.0 Å². The zero-order chi connectivity index (χ0) is 13.8. The third kappa shape index (κ3) is 9.08. The zero-order valence-electron chi connectivity index (χ0n) is 12.3. The molecular weight excluding hydrogens is 228 g/mol. The van der Waals surface area contributed by atoms with Gasteiger partial charge in [-0.3, -0.25) is 0 Å². The maximum absolute atomic E-state index is 11.1. The Labute approximate surface area is 112 Å². The molecule has 0 saturated heterocycles. The molecular formula is C15H28O3. The van der Waals surface area contributed by atoms with Gasteiger partial charge in [0, 0.05) is 0 Å². The standard InChI is InChI=1S/C15H28O3/c1-5-6-7-8-9-10-11-13(2)12-18-14(3)15(16)17-4/h12,14H,5-11H2,1-4H3. The van der Waals surface area contributed by atoms with Crippen LogP contribution in [0.5, 0.6) is 0 Å². The van der Waals surface area contributed by atoms with E-state index in [4.69, 9.17) is 4.74 Å². The molecule has 0 saturated carbocycles. The van der Waals surface area contributed by atoms with Crippen molar-refractivity contribution in [1.29, 1.82) is 0 Å². The molecule has 18 heavy (non-hydrogen) atoms. The number of unbranched alkanes of at least 4 members (excludes halogenated alkanes) is 5. The Morgan fingerprint density at radius 2 is 1.78 bits per heavy atom. The van der Waals surface area contributed by atoms with E-state index in [-0.39, 0.29) is 5.97 Å². The average molecular weight is 256 g/mol. The molecule has 106 valence electrons. The molecule has 0 fully saturated rings. The molecule has 0 aromatic rings. The van der Waals surface area contributed by atoms with Gasteiger partial charge in [0.25, 0.3) is 0 Å². The van der Waals surface area contributed by atoms with Crippen molar-refractivity contribution in [3.63, 3.8) is 0 Å². The van der Waals surface area contributed by atoms with Crippen LogP contribution in [0.4, 0.5) is 0 Å². The van der Waals surface area contributed by atoms with Crippen molar-refractivity contribution in [2.45, 2.75) is 71.8 Å². The third-order valence-corrected chi connectivity index (χ3v) is 2.93. The summed E-state index contributed by atoms with van der Waals surface area (Å²) in [6.07, 6.45) is 9.98. The molecule has 0 aromatic carbocycles. The summed E-state index contributed by atoms with van der Waals surface area (Å²) in [5.74, 6) is -0.335. The number of carbonyl (C=O) groups is 1. The lowest BCUT2D eigenvalue weighted by Gasteiger charge is -2.09. The second-order valence-corrected chi connectivity index (χ2v) is 4.78. The number of hydrogen-bond donors (Lipinski definition) is 0. The van der Waals surface area contributed by atoms with Crippen molar-refractivity contribution in [3.05, 3.63) is 11.8 Å². The summed E-state index contributed by atoms with van der Waals surface area (Å²) >= 11 is 0. The van der Waals surface area contributed by atoms with Crippen LogP contribution in [-0.4, -0.2) is 19.2 Å². The molecule has 0 N–H and O–H groups in total. The van der Waals surface area contributed by atoms with Gasteiger partial charge in [-0.25, -0.2) is 4.79 Å². The molecule has 0 aliphatic carbocycles. The summed E-state index contributed by atoms with van der Waals surface area (Å²) in [5, 5.41) is 0. The fourth-order valence-electron chi connectivity index (χ4n) is 1.68. The molecule has 0 spiro atoms. The number of ether oxygens (including phenoxy) is 2. The largest absolute Gasteiger partial charge is 0.487 e. The van der Waals surface area contributed by atoms with Crippen LogP contribution in [-0.2, 0) is 14.3 Å². The first-order valence-corrected chi connectivity index (χ1v) is 7.00. The topological polar surface area (TPSA) is 35.5 Å². The Balaban J connectivity index is 3.62. The normalized spacial score (nSPS) is 13.2. The molecule has 0 aliphatic rings. The summed E-state index contributed by atoms with van der Waals surface area (Å²) in [5.41, 5.74) is 1.18. The maximum atomic E-state index is 11.1. The fourth-order valence-corrected chi connectivity index (χ4v) is 1.68. The lowest BCUT2D eigenvalue weighted by atomic mass is 10.1. The number of methoxy groups -OCH3 is 1. The van der Waals surface area contributed by atoms with Crippen molar-refractivity contribution >= 4 is 5.97 Å². The first-order valence-electron chi connectivity index (χ1n) is 7.00. The predicted molar refractivity (Wildman–Crippen MR) is 74.3 cm³/mol. The van der Waals surface area contributed by atoms with Gasteiger partial charge < -0.3 is 9.47 Å². The predicted octanol–water partition coefficient (Wildman–Crippen LogP) is 4.22. The molecule has 3 nitrogen and oxygen atoms in total. The Morgan fingerprint density at radius 1 is 1.17 bits per heavy atom. The van der Waals surface area contributed by atoms with E-state index < -0.39 is 6.10 Å². The quantitative estimate of drug-likeness (QED) is 0.333. The molecule has 0 amide bonds. The Bertz CT molecular complexity index is 246. The van der Waals surface area contributed by atoms with E-state index in [9.17, 15) is 4.79 Å². The summed E-state index contributed by atoms with van der Waals surface area (Å²) in [6, 6.07) is 0. The van der Waals surface area contributed by atoms with Crippen LogP contribution in [0.1, 0.15) is 65.7 Å². The van der Waals surface area contributed by atoms with Gasteiger partial charge in [0.05, 0.1) is 13.4 Å². The summed E-state index contributed by atoms with van der Waals surface area (Å²) in [7, 11) is 1.37. The van der Waals surface area contributed by atoms with Gasteiger partial charge in [-0.15, -0.1) is 0 Å². The van der Waals surface area contributed by atoms with Gasteiger partial charge in [0.2, 0.25) is 0 Å². The smallest absolute Gasteiger partial charge is 0.346 e. The number of carbonyl (C=O) groups excluding carboxylic acids is 1. The molecule has 0 aliphatic heterocycles. The second-order valence-electron chi connectivity index (χ2n) is 4.78. The van der Waals surface area contributed by atoms with Crippen LogP contribution in [0.25, 0.3) is 0 Å². The van der Waals surface area contributed by atoms with Crippen molar-refractivity contribution in [3.8, 4) is 0 Å². The highest BCUT2D eigenvalue weighted by molar-refractivity contribution is 5.74. The Hall–Kier alpha value is -0.990. The first kappa shape index (κ1) is 17.0. The second kappa shape index (κ2) is 11.1. The summed E-state index contributed by atoms with van der Waals surface area (Å²) in [4.78, 5) is 11.1. The summed E-state index contributed by atoms with van der Waals surface area (Å²) < 4.78 is 9.90. The number of allylic oxidation sites excluding steroid dienone is 1. The highest BCUT2D eigenvalue weighted by Crippen LogP contribution is 2.12. The summed E-state index contributed by atoms with van der Waals surface area (Å²) in [6.45, 7) is 5.96. The number of esters is 1. The third-order valence-electron chi connectivity index (χ3n) is 2.93. The fraction of sp³-hybridized carbons (Fsp3) is 0.800. The van der Waals surface area contributed by atoms with Gasteiger partial charge in [-0.05, 0) is 32.3 Å². The maximum Gasteiger partial charge on any atom is 0.346 e. The van der Waals surface area contributed by atoms with E-state index in [1.807, 2.05) is 6.92 Å². The minimum Gasteiger partial charge on any atom is -0.487 e. The molecule has 3 heteroatoms. The minimum absolute atomic E-state index is 0.335. The van der Waals surface area contributed by atoms with E-state index in [1.165, 1.54) is 51.2 Å². The SMILES string of the molecule is CCCCCCCCC(C)=COC(C)C(=O)OC. The van der Waals surface area contributed by atoms with Gasteiger partial charge in [0.1, 0.15) is 0 Å². The van der Waals surface area contributed by atoms with Gasteiger partial charge in [0.15, 0.2) is 6.10 Å². The van der Waals surface area contributed by atoms with E-state index in [0.29, 0.717) is 0 Å². The number of hydrogen-bond acceptors (Lipinski definition) is 3. The molecule has 0 aromatic heterocycles. The van der Waals surface area contributed by atoms with E-state index >= 15 is 0 Å². The lowest BCUT2D eigenvalue weighted by molar-refractivity contribution is -0.149. The van der Waals surface area contributed by atoms with Gasteiger partial charge >= 0.3 is 5.97 Å². The van der Waals surface area contributed by atoms with Gasteiger partial charge in [-0.2, -0.15) is 0 Å². The van der Waals surface area contributed by atoms with E-state index in [1.54, 1.807) is 13.2 Å². The van der Waals surface area contributed by atoms with Crippen molar-refractivity contribution in [1.82, 2.24) is 0 Å². The molecule has 0 bridgehead atoms. The lowest BCUT2D eigenvalue weighted by Crippen LogP contribution is -2.19. The van der Waals surface area contributed by atoms with Crippen molar-refractivity contribution in [2.24, 2.45) is 0 Å². The highest BCUT2D eigenvalue weighted by atomic mass is 16.6. The number of rotatable bonds is 10. The molecule has 0 heterocycles. The Morgan fingerprint density at radius 3 is 2.39 bits per heavy atom.